The molecular weight excluding hydrogens is 376 g/mol. The molecule has 0 fully saturated rings. The van der Waals surface area contributed by atoms with Crippen LogP contribution in [-0.2, 0) is 6.42 Å². The predicted molar refractivity (Wildman–Crippen MR) is 105 cm³/mol. The summed E-state index contributed by atoms with van der Waals surface area (Å²) in [4.78, 5) is 28.8. The maximum absolute atomic E-state index is 12.6. The first kappa shape index (κ1) is 19.2. The number of para-hydroxylation sites is 1. The van der Waals surface area contributed by atoms with Crippen LogP contribution in [0.1, 0.15) is 34.0 Å². The Hall–Kier alpha value is -3.62. The first-order chi connectivity index (χ1) is 13.5. The van der Waals surface area contributed by atoms with Crippen molar-refractivity contribution in [1.29, 1.82) is 10.5 Å². The number of ketones is 1. The van der Waals surface area contributed by atoms with Gasteiger partial charge in [0.2, 0.25) is 0 Å². The van der Waals surface area contributed by atoms with Crippen molar-refractivity contribution >= 4 is 34.3 Å². The Kier molecular flexibility index (Phi) is 5.44. The SMILES string of the molecule is CCc1c(C#N)c(N)nc(SCC(=O)c2cc3ccccc3oc2=O)c1C#N. The van der Waals surface area contributed by atoms with Gasteiger partial charge in [-0.3, -0.25) is 4.79 Å². The number of nitrogens with zero attached hydrogens (tertiary/aromatic N) is 3. The zero-order valence-electron chi connectivity index (χ0n) is 14.9. The highest BCUT2D eigenvalue weighted by Gasteiger charge is 2.20. The summed E-state index contributed by atoms with van der Waals surface area (Å²) < 4.78 is 5.19. The molecule has 0 bridgehead atoms. The van der Waals surface area contributed by atoms with E-state index in [0.717, 1.165) is 11.8 Å². The zero-order chi connectivity index (χ0) is 20.3. The molecule has 0 radical (unpaired) electrons. The van der Waals surface area contributed by atoms with Crippen LogP contribution in [0.25, 0.3) is 11.0 Å². The first-order valence-corrected chi connectivity index (χ1v) is 9.30. The fourth-order valence-corrected chi connectivity index (χ4v) is 3.70. The molecule has 0 aliphatic carbocycles. The van der Waals surface area contributed by atoms with Gasteiger partial charge in [-0.2, -0.15) is 10.5 Å². The maximum Gasteiger partial charge on any atom is 0.347 e. The van der Waals surface area contributed by atoms with E-state index < -0.39 is 11.4 Å². The van der Waals surface area contributed by atoms with Crippen LogP contribution in [0, 0.1) is 22.7 Å². The van der Waals surface area contributed by atoms with Crippen LogP contribution in [0.5, 0.6) is 0 Å². The van der Waals surface area contributed by atoms with E-state index >= 15 is 0 Å². The topological polar surface area (TPSA) is 134 Å². The van der Waals surface area contributed by atoms with Gasteiger partial charge in [0.25, 0.3) is 0 Å². The van der Waals surface area contributed by atoms with Gasteiger partial charge in [0.15, 0.2) is 5.78 Å². The Labute approximate surface area is 164 Å². The number of nitrogen functional groups attached to an aromatic ring is 1. The smallest absolute Gasteiger partial charge is 0.347 e. The van der Waals surface area contributed by atoms with Crippen molar-refractivity contribution in [3.05, 3.63) is 63.0 Å². The third kappa shape index (κ3) is 3.46. The molecule has 0 aliphatic rings. The molecule has 0 aliphatic heterocycles. The molecule has 7 nitrogen and oxygen atoms in total. The second-order valence-electron chi connectivity index (χ2n) is 5.81. The van der Waals surface area contributed by atoms with Gasteiger partial charge in [-0.25, -0.2) is 9.78 Å². The third-order valence-electron chi connectivity index (χ3n) is 4.15. The van der Waals surface area contributed by atoms with Gasteiger partial charge < -0.3 is 10.2 Å². The average Bonchev–Trinajstić information content (AvgIpc) is 2.70. The van der Waals surface area contributed by atoms with Gasteiger partial charge in [-0.15, -0.1) is 0 Å². The van der Waals surface area contributed by atoms with Crippen molar-refractivity contribution in [3.63, 3.8) is 0 Å². The molecule has 0 saturated carbocycles. The Balaban J connectivity index is 1.93. The van der Waals surface area contributed by atoms with Crippen LogP contribution in [0.3, 0.4) is 0 Å². The molecule has 0 atom stereocenters. The molecule has 1 aromatic carbocycles. The van der Waals surface area contributed by atoms with E-state index in [0.29, 0.717) is 23.0 Å². The normalized spacial score (nSPS) is 10.4. The number of benzene rings is 1. The lowest BCUT2D eigenvalue weighted by Crippen LogP contribution is -2.16. The highest BCUT2D eigenvalue weighted by molar-refractivity contribution is 8.00. The van der Waals surface area contributed by atoms with Gasteiger partial charge >= 0.3 is 5.63 Å². The highest BCUT2D eigenvalue weighted by Crippen LogP contribution is 2.29. The molecule has 28 heavy (non-hydrogen) atoms. The van der Waals surface area contributed by atoms with Crippen molar-refractivity contribution in [2.75, 3.05) is 11.5 Å². The summed E-state index contributed by atoms with van der Waals surface area (Å²) in [5.74, 6) is -0.561. The number of carbonyl (C=O) groups excluding carboxylic acids is 1. The summed E-state index contributed by atoms with van der Waals surface area (Å²) in [6, 6.07) is 12.4. The van der Waals surface area contributed by atoms with Crippen LogP contribution in [0.2, 0.25) is 0 Å². The number of aromatic nitrogens is 1. The highest BCUT2D eigenvalue weighted by atomic mass is 32.2. The number of anilines is 1. The number of thioether (sulfide) groups is 1. The molecule has 2 aromatic heterocycles. The number of nitrogens with two attached hydrogens (primary N) is 1. The molecule has 0 unspecified atom stereocenters. The maximum atomic E-state index is 12.6. The van der Waals surface area contributed by atoms with E-state index in [9.17, 15) is 20.1 Å². The van der Waals surface area contributed by atoms with Crippen LogP contribution < -0.4 is 11.4 Å². The van der Waals surface area contributed by atoms with Crippen molar-refractivity contribution in [1.82, 2.24) is 4.98 Å². The standard InChI is InChI=1S/C20H14N4O3S/c1-2-12-14(8-21)18(23)24-19(15(12)9-22)28-10-16(25)13-7-11-5-3-4-6-17(11)27-20(13)26/h3-7H,2,10H2,1H3,(H2,23,24). The molecule has 3 aromatic rings. The molecule has 2 heterocycles. The molecule has 0 spiro atoms. The lowest BCUT2D eigenvalue weighted by molar-refractivity contribution is 0.101. The van der Waals surface area contributed by atoms with Gasteiger partial charge in [0.05, 0.1) is 16.9 Å². The van der Waals surface area contributed by atoms with Crippen LogP contribution in [0.4, 0.5) is 5.82 Å². The lowest BCUT2D eigenvalue weighted by atomic mass is 10.0. The molecule has 3 rings (SSSR count). The fraction of sp³-hybridized carbons (Fsp3) is 0.150. The Bertz CT molecular complexity index is 1240. The van der Waals surface area contributed by atoms with E-state index in [1.54, 1.807) is 31.2 Å². The van der Waals surface area contributed by atoms with E-state index in [1.807, 2.05) is 12.1 Å². The van der Waals surface area contributed by atoms with E-state index in [2.05, 4.69) is 4.98 Å². The molecule has 138 valence electrons. The minimum Gasteiger partial charge on any atom is -0.422 e. The van der Waals surface area contributed by atoms with E-state index in [4.69, 9.17) is 10.2 Å². The van der Waals surface area contributed by atoms with Crippen molar-refractivity contribution in [3.8, 4) is 12.1 Å². The fourth-order valence-electron chi connectivity index (χ4n) is 2.80. The summed E-state index contributed by atoms with van der Waals surface area (Å²) in [6.07, 6.45) is 0.425. The monoisotopic (exact) mass is 390 g/mol. The Morgan fingerprint density at radius 2 is 1.96 bits per heavy atom. The second kappa shape index (κ2) is 7.95. The van der Waals surface area contributed by atoms with Crippen LogP contribution in [0.15, 0.2) is 44.6 Å². The number of fused-ring (bicyclic) bond motifs is 1. The lowest BCUT2D eigenvalue weighted by Gasteiger charge is -2.10. The summed E-state index contributed by atoms with van der Waals surface area (Å²) in [5.41, 5.74) is 6.33. The first-order valence-electron chi connectivity index (χ1n) is 8.31. The van der Waals surface area contributed by atoms with Crippen molar-refractivity contribution in [2.24, 2.45) is 0 Å². The molecule has 8 heteroatoms. The number of hydrogen-bond acceptors (Lipinski definition) is 8. The summed E-state index contributed by atoms with van der Waals surface area (Å²) in [7, 11) is 0. The van der Waals surface area contributed by atoms with Crippen molar-refractivity contribution < 1.29 is 9.21 Å². The Morgan fingerprint density at radius 3 is 2.64 bits per heavy atom. The second-order valence-corrected chi connectivity index (χ2v) is 6.77. The van der Waals surface area contributed by atoms with Crippen LogP contribution >= 0.6 is 11.8 Å². The molecule has 2 N–H and O–H groups in total. The number of rotatable bonds is 5. The van der Waals surface area contributed by atoms with Crippen molar-refractivity contribution in [2.45, 2.75) is 18.4 Å². The van der Waals surface area contributed by atoms with Gasteiger partial charge in [0.1, 0.15) is 34.1 Å². The minimum atomic E-state index is -0.716. The summed E-state index contributed by atoms with van der Waals surface area (Å²) in [6.45, 7) is 1.80. The largest absolute Gasteiger partial charge is 0.422 e. The minimum absolute atomic E-state index is 0.0125. The quantitative estimate of drug-likeness (QED) is 0.399. The number of carbonyl (C=O) groups is 1. The summed E-state index contributed by atoms with van der Waals surface area (Å²) >= 11 is 0.998. The number of nitriles is 2. The summed E-state index contributed by atoms with van der Waals surface area (Å²) in [5, 5.41) is 19.6. The number of hydrogen-bond donors (Lipinski definition) is 1. The Morgan fingerprint density at radius 1 is 1.25 bits per heavy atom. The van der Waals surface area contributed by atoms with Gasteiger partial charge in [0, 0.05) is 5.39 Å². The molecular formula is C20H14N4O3S. The van der Waals surface area contributed by atoms with E-state index in [-0.39, 0.29) is 33.3 Å². The number of Topliss-reactive ketones (excluding diaryl/α,β-unsaturated/α-hetero) is 1. The molecule has 0 amide bonds. The van der Waals surface area contributed by atoms with Crippen LogP contribution in [-0.4, -0.2) is 16.5 Å². The predicted octanol–water partition coefficient (Wildman–Crippen LogP) is 3.05. The van der Waals surface area contributed by atoms with E-state index in [1.165, 1.54) is 6.07 Å². The van der Waals surface area contributed by atoms with Gasteiger partial charge in [-0.05, 0) is 24.1 Å². The van der Waals surface area contributed by atoms with Gasteiger partial charge in [-0.1, -0.05) is 36.9 Å². The average molecular weight is 390 g/mol. The third-order valence-corrected chi connectivity index (χ3v) is 5.13. The zero-order valence-corrected chi connectivity index (χ0v) is 15.7. The number of pyridine rings is 1. The molecule has 0 saturated heterocycles.